The van der Waals surface area contributed by atoms with Crippen LogP contribution < -0.4 is 0 Å². The normalized spacial score (nSPS) is 31.8. The zero-order valence-corrected chi connectivity index (χ0v) is 8.22. The summed E-state index contributed by atoms with van der Waals surface area (Å²) < 4.78 is 10.5. The summed E-state index contributed by atoms with van der Waals surface area (Å²) in [5.74, 6) is 0. The van der Waals surface area contributed by atoms with Gasteiger partial charge >= 0.3 is 0 Å². The van der Waals surface area contributed by atoms with E-state index in [0.717, 1.165) is 5.57 Å². The highest BCUT2D eigenvalue weighted by atomic mass is 16.7. The summed E-state index contributed by atoms with van der Waals surface area (Å²) in [6.45, 7) is 5.72. The van der Waals surface area contributed by atoms with Crippen LogP contribution in [-0.2, 0) is 9.47 Å². The van der Waals surface area contributed by atoms with Crippen molar-refractivity contribution < 1.29 is 19.7 Å². The Morgan fingerprint density at radius 1 is 1.57 bits per heavy atom. The molecule has 0 aromatic rings. The van der Waals surface area contributed by atoms with Crippen molar-refractivity contribution in [3.8, 4) is 0 Å². The molecule has 0 saturated heterocycles. The van der Waals surface area contributed by atoms with Crippen molar-refractivity contribution >= 4 is 0 Å². The van der Waals surface area contributed by atoms with Crippen molar-refractivity contribution in [2.45, 2.75) is 25.4 Å². The van der Waals surface area contributed by atoms with E-state index in [1.54, 1.807) is 12.2 Å². The second-order valence-corrected chi connectivity index (χ2v) is 3.37. The summed E-state index contributed by atoms with van der Waals surface area (Å²) in [6.07, 6.45) is 1.32. The molecule has 0 spiro atoms. The van der Waals surface area contributed by atoms with Gasteiger partial charge in [0.05, 0.1) is 13.2 Å². The molecule has 0 unspecified atom stereocenters. The first-order valence-corrected chi connectivity index (χ1v) is 4.52. The van der Waals surface area contributed by atoms with Crippen molar-refractivity contribution in [2.24, 2.45) is 0 Å². The van der Waals surface area contributed by atoms with Gasteiger partial charge in [-0.15, -0.1) is 0 Å². The van der Waals surface area contributed by atoms with E-state index in [0.29, 0.717) is 6.61 Å². The minimum Gasteiger partial charge on any atom is -0.394 e. The monoisotopic (exact) mass is 200 g/mol. The summed E-state index contributed by atoms with van der Waals surface area (Å²) >= 11 is 0. The third-order valence-electron chi connectivity index (χ3n) is 1.83. The summed E-state index contributed by atoms with van der Waals surface area (Å²) in [6, 6.07) is 0. The lowest BCUT2D eigenvalue weighted by Gasteiger charge is -2.28. The molecule has 0 amide bonds. The minimum absolute atomic E-state index is 0.224. The predicted molar refractivity (Wildman–Crippen MR) is 51.7 cm³/mol. The Balaban J connectivity index is 2.41. The number of aliphatic hydroxyl groups is 2. The fraction of sp³-hybridized carbons (Fsp3) is 0.600. The average molecular weight is 200 g/mol. The first-order chi connectivity index (χ1) is 6.63. The van der Waals surface area contributed by atoms with Crippen LogP contribution in [-0.4, -0.2) is 41.9 Å². The van der Waals surface area contributed by atoms with Crippen LogP contribution in [0.2, 0.25) is 0 Å². The smallest absolute Gasteiger partial charge is 0.177 e. The topological polar surface area (TPSA) is 58.9 Å². The van der Waals surface area contributed by atoms with Crippen molar-refractivity contribution in [2.75, 3.05) is 13.2 Å². The zero-order chi connectivity index (χ0) is 10.6. The van der Waals surface area contributed by atoms with Crippen LogP contribution in [0.1, 0.15) is 6.92 Å². The molecule has 0 aliphatic carbocycles. The molecule has 0 saturated carbocycles. The van der Waals surface area contributed by atoms with Gasteiger partial charge in [-0.1, -0.05) is 18.2 Å². The van der Waals surface area contributed by atoms with Crippen molar-refractivity contribution in [1.82, 2.24) is 0 Å². The largest absolute Gasteiger partial charge is 0.394 e. The van der Waals surface area contributed by atoms with Crippen LogP contribution >= 0.6 is 0 Å². The molecule has 1 aliphatic heterocycles. The summed E-state index contributed by atoms with van der Waals surface area (Å²) in [7, 11) is 0. The zero-order valence-electron chi connectivity index (χ0n) is 8.22. The molecule has 2 N–H and O–H groups in total. The highest BCUT2D eigenvalue weighted by Crippen LogP contribution is 2.14. The molecular weight excluding hydrogens is 184 g/mol. The van der Waals surface area contributed by atoms with E-state index < -0.39 is 18.5 Å². The quantitative estimate of drug-likeness (QED) is 0.637. The van der Waals surface area contributed by atoms with E-state index in [1.807, 2.05) is 6.92 Å². The van der Waals surface area contributed by atoms with E-state index in [4.69, 9.17) is 14.6 Å². The summed E-state index contributed by atoms with van der Waals surface area (Å²) in [4.78, 5) is 0. The fourth-order valence-corrected chi connectivity index (χ4v) is 1.10. The van der Waals surface area contributed by atoms with Crippen LogP contribution in [0.15, 0.2) is 24.3 Å². The first kappa shape index (κ1) is 11.4. The molecule has 1 heterocycles. The average Bonchev–Trinajstić information content (AvgIpc) is 2.16. The predicted octanol–water partition coefficient (Wildman–Crippen LogP) is 0.213. The summed E-state index contributed by atoms with van der Waals surface area (Å²) in [5.41, 5.74) is 0.897. The molecule has 80 valence electrons. The lowest BCUT2D eigenvalue weighted by Crippen LogP contribution is -2.38. The second-order valence-electron chi connectivity index (χ2n) is 3.37. The summed E-state index contributed by atoms with van der Waals surface area (Å²) in [5, 5.41) is 18.2. The van der Waals surface area contributed by atoms with Gasteiger partial charge in [-0.2, -0.15) is 0 Å². The SMILES string of the molecule is C=C(C)CO[C@@H]1C=C[C@H](O)[C@@H](CO)O1. The van der Waals surface area contributed by atoms with E-state index in [9.17, 15) is 5.11 Å². The molecule has 0 aromatic carbocycles. The third-order valence-corrected chi connectivity index (χ3v) is 1.83. The maximum Gasteiger partial charge on any atom is 0.177 e. The molecule has 0 fully saturated rings. The first-order valence-electron chi connectivity index (χ1n) is 4.52. The van der Waals surface area contributed by atoms with E-state index in [1.165, 1.54) is 0 Å². The lowest BCUT2D eigenvalue weighted by molar-refractivity contribution is -0.176. The molecular formula is C10H16O4. The number of aliphatic hydroxyl groups excluding tert-OH is 2. The van der Waals surface area contributed by atoms with E-state index in [-0.39, 0.29) is 6.61 Å². The van der Waals surface area contributed by atoms with Gasteiger partial charge in [0.1, 0.15) is 12.2 Å². The molecule has 0 aromatic heterocycles. The fourth-order valence-electron chi connectivity index (χ4n) is 1.10. The second kappa shape index (κ2) is 5.26. The van der Waals surface area contributed by atoms with Crippen LogP contribution in [0.5, 0.6) is 0 Å². The maximum absolute atomic E-state index is 9.32. The Morgan fingerprint density at radius 2 is 2.29 bits per heavy atom. The van der Waals surface area contributed by atoms with E-state index >= 15 is 0 Å². The Labute approximate surface area is 83.5 Å². The van der Waals surface area contributed by atoms with Gasteiger partial charge < -0.3 is 19.7 Å². The molecule has 3 atom stereocenters. The number of hydrogen-bond acceptors (Lipinski definition) is 4. The van der Waals surface area contributed by atoms with Crippen LogP contribution in [0.3, 0.4) is 0 Å². The Kier molecular flexibility index (Phi) is 4.28. The number of ether oxygens (including phenoxy) is 2. The third kappa shape index (κ3) is 3.23. The van der Waals surface area contributed by atoms with E-state index in [2.05, 4.69) is 6.58 Å². The van der Waals surface area contributed by atoms with Crippen molar-refractivity contribution in [1.29, 1.82) is 0 Å². The molecule has 4 nitrogen and oxygen atoms in total. The molecule has 14 heavy (non-hydrogen) atoms. The van der Waals surface area contributed by atoms with Crippen LogP contribution in [0.25, 0.3) is 0 Å². The van der Waals surface area contributed by atoms with Gasteiger partial charge in [-0.05, 0) is 13.0 Å². The van der Waals surface area contributed by atoms with Crippen LogP contribution in [0.4, 0.5) is 0 Å². The van der Waals surface area contributed by atoms with Gasteiger partial charge in [-0.3, -0.25) is 0 Å². The standard InChI is InChI=1S/C10H16O4/c1-7(2)6-13-10-4-3-8(12)9(5-11)14-10/h3-4,8-12H,1,5-6H2,2H3/t8-,9+,10-/m0/s1. The van der Waals surface area contributed by atoms with Crippen molar-refractivity contribution in [3.05, 3.63) is 24.3 Å². The van der Waals surface area contributed by atoms with Crippen molar-refractivity contribution in [3.63, 3.8) is 0 Å². The number of hydrogen-bond donors (Lipinski definition) is 2. The Hall–Kier alpha value is -0.680. The van der Waals surface area contributed by atoms with Gasteiger partial charge in [0.15, 0.2) is 6.29 Å². The number of rotatable bonds is 4. The van der Waals surface area contributed by atoms with Gasteiger partial charge in [0.25, 0.3) is 0 Å². The minimum atomic E-state index is -0.760. The molecule has 1 rings (SSSR count). The maximum atomic E-state index is 9.32. The molecule has 0 radical (unpaired) electrons. The molecule has 4 heteroatoms. The Bertz CT molecular complexity index is 224. The highest BCUT2D eigenvalue weighted by Gasteiger charge is 2.25. The molecule has 1 aliphatic rings. The van der Waals surface area contributed by atoms with Gasteiger partial charge in [0, 0.05) is 0 Å². The van der Waals surface area contributed by atoms with Crippen LogP contribution in [0, 0.1) is 0 Å². The van der Waals surface area contributed by atoms with Gasteiger partial charge in [-0.25, -0.2) is 0 Å². The molecule has 0 bridgehead atoms. The lowest BCUT2D eigenvalue weighted by atomic mass is 10.1. The van der Waals surface area contributed by atoms with Gasteiger partial charge in [0.2, 0.25) is 0 Å². The highest BCUT2D eigenvalue weighted by molar-refractivity contribution is 5.00. The Morgan fingerprint density at radius 3 is 2.86 bits per heavy atom.